The number of fused-ring (bicyclic) bond motifs is 1. The van der Waals surface area contributed by atoms with Crippen LogP contribution in [0.2, 0.25) is 5.02 Å². The molecular weight excluding hydrogens is 352 g/mol. The zero-order chi connectivity index (χ0) is 18.8. The van der Waals surface area contributed by atoms with Crippen molar-refractivity contribution in [3.63, 3.8) is 0 Å². The van der Waals surface area contributed by atoms with Gasteiger partial charge in [-0.15, -0.1) is 0 Å². The molecule has 1 aromatic heterocycles. The summed E-state index contributed by atoms with van der Waals surface area (Å²) in [6.45, 7) is 7.18. The lowest BCUT2D eigenvalue weighted by Crippen LogP contribution is -2.09. The van der Waals surface area contributed by atoms with Crippen molar-refractivity contribution >= 4 is 28.5 Å². The molecular formula is C20H21ClN2O3. The van der Waals surface area contributed by atoms with E-state index in [1.165, 1.54) is 0 Å². The van der Waals surface area contributed by atoms with Crippen LogP contribution in [0.1, 0.15) is 35.5 Å². The summed E-state index contributed by atoms with van der Waals surface area (Å²) in [6, 6.07) is 10.6. The van der Waals surface area contributed by atoms with Gasteiger partial charge in [-0.2, -0.15) is 5.10 Å². The molecule has 0 bridgehead atoms. The predicted molar refractivity (Wildman–Crippen MR) is 102 cm³/mol. The molecule has 0 amide bonds. The number of carboxylic acid groups (broad SMARTS) is 1. The lowest BCUT2D eigenvalue weighted by molar-refractivity contribution is 0.0697. The van der Waals surface area contributed by atoms with E-state index in [1.807, 2.05) is 29.8 Å². The summed E-state index contributed by atoms with van der Waals surface area (Å²) >= 11 is 6.17. The van der Waals surface area contributed by atoms with Gasteiger partial charge in [-0.3, -0.25) is 4.68 Å². The minimum atomic E-state index is -0.946. The second-order valence-electron chi connectivity index (χ2n) is 6.74. The van der Waals surface area contributed by atoms with Crippen LogP contribution < -0.4 is 4.74 Å². The third kappa shape index (κ3) is 3.83. The summed E-state index contributed by atoms with van der Waals surface area (Å²) in [5.74, 6) is 0.255. The summed E-state index contributed by atoms with van der Waals surface area (Å²) < 4.78 is 7.77. The van der Waals surface area contributed by atoms with E-state index in [-0.39, 0.29) is 5.56 Å². The van der Waals surface area contributed by atoms with Crippen molar-refractivity contribution in [3.8, 4) is 5.75 Å². The number of carboxylic acids is 1. The predicted octanol–water partition coefficient (Wildman–Crippen LogP) is 4.78. The Morgan fingerprint density at radius 1 is 1.27 bits per heavy atom. The van der Waals surface area contributed by atoms with Crippen LogP contribution in [0.5, 0.6) is 5.75 Å². The Balaban J connectivity index is 1.99. The molecule has 1 heterocycles. The van der Waals surface area contributed by atoms with Gasteiger partial charge in [0.15, 0.2) is 0 Å². The summed E-state index contributed by atoms with van der Waals surface area (Å²) in [7, 11) is 0. The first-order chi connectivity index (χ1) is 12.3. The van der Waals surface area contributed by atoms with E-state index in [1.54, 1.807) is 18.2 Å². The number of halogens is 1. The summed E-state index contributed by atoms with van der Waals surface area (Å²) in [4.78, 5) is 11.2. The lowest BCUT2D eigenvalue weighted by Gasteiger charge is -2.14. The number of carbonyl (C=O) groups is 1. The first-order valence-electron chi connectivity index (χ1n) is 8.47. The average Bonchev–Trinajstić information content (AvgIpc) is 2.89. The Labute approximate surface area is 157 Å². The standard InChI is InChI=1S/C20H21ClN2O3/c1-12(2)11-26-19-7-5-16(21)8-15(19)10-23-18-6-4-14(20(24)25)9-17(18)13(3)22-23/h4-9,12H,10-11H2,1-3H3,(H,24,25). The van der Waals surface area contributed by atoms with E-state index in [2.05, 4.69) is 18.9 Å². The van der Waals surface area contributed by atoms with Gasteiger partial charge >= 0.3 is 5.97 Å². The van der Waals surface area contributed by atoms with Crippen LogP contribution in [0, 0.1) is 12.8 Å². The topological polar surface area (TPSA) is 64.4 Å². The average molecular weight is 373 g/mol. The number of benzene rings is 2. The SMILES string of the molecule is Cc1nn(Cc2cc(Cl)ccc2OCC(C)C)c2ccc(C(=O)O)cc12. The molecule has 0 aliphatic rings. The van der Waals surface area contributed by atoms with E-state index < -0.39 is 5.97 Å². The van der Waals surface area contributed by atoms with Crippen LogP contribution >= 0.6 is 11.6 Å². The lowest BCUT2D eigenvalue weighted by atomic mass is 10.1. The quantitative estimate of drug-likeness (QED) is 0.676. The minimum Gasteiger partial charge on any atom is -0.493 e. The Morgan fingerprint density at radius 2 is 2.04 bits per heavy atom. The van der Waals surface area contributed by atoms with Crippen molar-refractivity contribution < 1.29 is 14.6 Å². The largest absolute Gasteiger partial charge is 0.493 e. The van der Waals surface area contributed by atoms with Crippen LogP contribution in [-0.2, 0) is 6.54 Å². The van der Waals surface area contributed by atoms with Gasteiger partial charge in [-0.05, 0) is 49.2 Å². The van der Waals surface area contributed by atoms with Crippen LogP contribution in [-0.4, -0.2) is 27.5 Å². The molecule has 3 aromatic rings. The Morgan fingerprint density at radius 3 is 2.73 bits per heavy atom. The molecule has 26 heavy (non-hydrogen) atoms. The van der Waals surface area contributed by atoms with E-state index in [0.717, 1.165) is 27.9 Å². The summed E-state index contributed by atoms with van der Waals surface area (Å²) in [5.41, 5.74) is 2.85. The van der Waals surface area contributed by atoms with E-state index in [9.17, 15) is 9.90 Å². The van der Waals surface area contributed by atoms with Crippen LogP contribution in [0.3, 0.4) is 0 Å². The summed E-state index contributed by atoms with van der Waals surface area (Å²) in [6.07, 6.45) is 0. The Hall–Kier alpha value is -2.53. The maximum Gasteiger partial charge on any atom is 0.335 e. The van der Waals surface area contributed by atoms with Gasteiger partial charge in [-0.25, -0.2) is 4.79 Å². The van der Waals surface area contributed by atoms with Gasteiger partial charge in [0.1, 0.15) is 5.75 Å². The van der Waals surface area contributed by atoms with Crippen molar-refractivity contribution in [3.05, 3.63) is 58.2 Å². The molecule has 0 saturated carbocycles. The van der Waals surface area contributed by atoms with Gasteiger partial charge in [-0.1, -0.05) is 25.4 Å². The molecule has 0 saturated heterocycles. The molecule has 0 spiro atoms. The number of hydrogen-bond donors (Lipinski definition) is 1. The zero-order valence-corrected chi connectivity index (χ0v) is 15.7. The van der Waals surface area contributed by atoms with Crippen molar-refractivity contribution in [2.24, 2.45) is 5.92 Å². The number of aromatic carboxylic acids is 1. The highest BCUT2D eigenvalue weighted by Crippen LogP contribution is 2.27. The van der Waals surface area contributed by atoms with Gasteiger partial charge in [0.2, 0.25) is 0 Å². The number of rotatable bonds is 6. The zero-order valence-electron chi connectivity index (χ0n) is 15.0. The highest BCUT2D eigenvalue weighted by Gasteiger charge is 2.13. The van der Waals surface area contributed by atoms with Gasteiger partial charge in [0, 0.05) is 16.0 Å². The minimum absolute atomic E-state index is 0.254. The molecule has 0 unspecified atom stereocenters. The first kappa shape index (κ1) is 18.3. The van der Waals surface area contributed by atoms with E-state index >= 15 is 0 Å². The molecule has 3 rings (SSSR count). The molecule has 1 N–H and O–H groups in total. The smallest absolute Gasteiger partial charge is 0.335 e. The number of hydrogen-bond acceptors (Lipinski definition) is 3. The Kier molecular flexibility index (Phi) is 5.18. The Bertz CT molecular complexity index is 963. The third-order valence-electron chi connectivity index (χ3n) is 4.10. The van der Waals surface area contributed by atoms with Gasteiger partial charge < -0.3 is 9.84 Å². The fourth-order valence-electron chi connectivity index (χ4n) is 2.82. The van der Waals surface area contributed by atoms with Gasteiger partial charge in [0.25, 0.3) is 0 Å². The third-order valence-corrected chi connectivity index (χ3v) is 4.33. The fourth-order valence-corrected chi connectivity index (χ4v) is 3.02. The number of ether oxygens (including phenoxy) is 1. The van der Waals surface area contributed by atoms with E-state index in [4.69, 9.17) is 16.3 Å². The van der Waals surface area contributed by atoms with Gasteiger partial charge in [0.05, 0.1) is 29.9 Å². The monoisotopic (exact) mass is 372 g/mol. The van der Waals surface area contributed by atoms with Crippen LogP contribution in [0.25, 0.3) is 10.9 Å². The first-order valence-corrected chi connectivity index (χ1v) is 8.84. The molecule has 0 radical (unpaired) electrons. The molecule has 136 valence electrons. The van der Waals surface area contributed by atoms with Crippen LogP contribution in [0.15, 0.2) is 36.4 Å². The van der Waals surface area contributed by atoms with Crippen molar-refractivity contribution in [2.45, 2.75) is 27.3 Å². The van der Waals surface area contributed by atoms with Crippen molar-refractivity contribution in [2.75, 3.05) is 6.61 Å². The molecule has 0 atom stereocenters. The van der Waals surface area contributed by atoms with E-state index in [0.29, 0.717) is 24.1 Å². The second-order valence-corrected chi connectivity index (χ2v) is 7.17. The van der Waals surface area contributed by atoms with Crippen molar-refractivity contribution in [1.29, 1.82) is 0 Å². The molecule has 0 fully saturated rings. The molecule has 6 heteroatoms. The molecule has 0 aliphatic carbocycles. The van der Waals surface area contributed by atoms with Crippen LogP contribution in [0.4, 0.5) is 0 Å². The fraction of sp³-hybridized carbons (Fsp3) is 0.300. The summed E-state index contributed by atoms with van der Waals surface area (Å²) in [5, 5.41) is 15.2. The highest BCUT2D eigenvalue weighted by atomic mass is 35.5. The number of aromatic nitrogens is 2. The maximum atomic E-state index is 11.2. The normalized spacial score (nSPS) is 11.3. The number of nitrogens with zero attached hydrogens (tertiary/aromatic N) is 2. The molecule has 2 aromatic carbocycles. The number of aryl methyl sites for hydroxylation is 1. The second kappa shape index (κ2) is 7.38. The van der Waals surface area contributed by atoms with Crippen molar-refractivity contribution in [1.82, 2.24) is 9.78 Å². The highest BCUT2D eigenvalue weighted by molar-refractivity contribution is 6.30. The molecule has 5 nitrogen and oxygen atoms in total. The molecule has 0 aliphatic heterocycles. The maximum absolute atomic E-state index is 11.2.